The summed E-state index contributed by atoms with van der Waals surface area (Å²) >= 11 is 0. The maximum Gasteiger partial charge on any atom is 0.222 e. The number of ether oxygens (including phenoxy) is 3. The number of Topliss-reactive ketones (excluding diaryl/α,β-unsaturated/α-hetero) is 1. The van der Waals surface area contributed by atoms with Crippen molar-refractivity contribution in [1.82, 2.24) is 5.32 Å². The molecule has 0 saturated carbocycles. The van der Waals surface area contributed by atoms with Crippen LogP contribution in [-0.2, 0) is 23.8 Å². The van der Waals surface area contributed by atoms with Crippen LogP contribution >= 0.6 is 0 Å². The number of ketones is 1. The van der Waals surface area contributed by atoms with Crippen molar-refractivity contribution < 1.29 is 25.2 Å². The first-order valence-electron chi connectivity index (χ1n) is 7.98. The molecular formula is C16H33NO5. The normalized spacial score (nSPS) is 11.2. The molecule has 0 aromatic carbocycles. The highest BCUT2D eigenvalue weighted by molar-refractivity contribution is 5.80. The third kappa shape index (κ3) is 12.7. The number of carbonyl (C=O) groups excluding carboxylic acids is 2. The minimum atomic E-state index is -0.000773. The van der Waals surface area contributed by atoms with Gasteiger partial charge in [0, 0.05) is 26.2 Å². The van der Waals surface area contributed by atoms with Gasteiger partial charge in [-0.1, -0.05) is 27.7 Å². The van der Waals surface area contributed by atoms with Gasteiger partial charge in [-0.2, -0.15) is 0 Å². The maximum atomic E-state index is 11.3. The molecule has 0 unspecified atom stereocenters. The summed E-state index contributed by atoms with van der Waals surface area (Å²) in [4.78, 5) is 22.6. The highest BCUT2D eigenvalue weighted by atomic mass is 16.5. The van der Waals surface area contributed by atoms with E-state index in [4.69, 9.17) is 14.2 Å². The number of amides is 1. The molecular weight excluding hydrogens is 286 g/mol. The van der Waals surface area contributed by atoms with Gasteiger partial charge in [-0.3, -0.25) is 9.59 Å². The van der Waals surface area contributed by atoms with Crippen molar-refractivity contribution in [3.63, 3.8) is 0 Å². The average Bonchev–Trinajstić information content (AvgIpc) is 2.47. The van der Waals surface area contributed by atoms with Crippen LogP contribution in [-0.4, -0.2) is 57.9 Å². The smallest absolute Gasteiger partial charge is 0.222 e. The van der Waals surface area contributed by atoms with Crippen molar-refractivity contribution in [2.24, 2.45) is 11.8 Å². The zero-order valence-corrected chi connectivity index (χ0v) is 14.4. The van der Waals surface area contributed by atoms with Crippen molar-refractivity contribution in [2.75, 3.05) is 46.2 Å². The summed E-state index contributed by atoms with van der Waals surface area (Å²) in [6.45, 7) is 10.9. The molecule has 0 spiro atoms. The van der Waals surface area contributed by atoms with Gasteiger partial charge in [0.15, 0.2) is 0 Å². The summed E-state index contributed by atoms with van der Waals surface area (Å²) in [6, 6.07) is 0. The largest absolute Gasteiger partial charge is 0.379 e. The molecule has 0 aromatic heterocycles. The van der Waals surface area contributed by atoms with Crippen LogP contribution in [0.4, 0.5) is 0 Å². The van der Waals surface area contributed by atoms with E-state index in [1.54, 1.807) is 0 Å². The fourth-order valence-electron chi connectivity index (χ4n) is 1.45. The topological polar surface area (TPSA) is 73.9 Å². The lowest BCUT2D eigenvalue weighted by Gasteiger charge is -2.09. The Morgan fingerprint density at radius 1 is 0.818 bits per heavy atom. The van der Waals surface area contributed by atoms with Crippen LogP contribution in [0, 0.1) is 11.8 Å². The molecule has 0 bridgehead atoms. The van der Waals surface area contributed by atoms with E-state index in [-0.39, 0.29) is 25.0 Å². The molecule has 0 aliphatic carbocycles. The lowest BCUT2D eigenvalue weighted by Crippen LogP contribution is -2.31. The molecule has 1 amide bonds. The van der Waals surface area contributed by atoms with Gasteiger partial charge in [0.1, 0.15) is 5.78 Å². The van der Waals surface area contributed by atoms with Crippen LogP contribution in [0.2, 0.25) is 0 Å². The van der Waals surface area contributed by atoms with Crippen molar-refractivity contribution in [3.8, 4) is 0 Å². The minimum absolute atomic E-state index is 0. The molecule has 6 nitrogen and oxygen atoms in total. The van der Waals surface area contributed by atoms with Gasteiger partial charge in [-0.15, -0.1) is 0 Å². The Kier molecular flexibility index (Phi) is 13.1. The van der Waals surface area contributed by atoms with Gasteiger partial charge in [0.2, 0.25) is 5.91 Å². The predicted octanol–water partition coefficient (Wildman–Crippen LogP) is 1.67. The monoisotopic (exact) mass is 319 g/mol. The third-order valence-electron chi connectivity index (χ3n) is 2.95. The Bertz CT molecular complexity index is 281. The fourth-order valence-corrected chi connectivity index (χ4v) is 1.45. The van der Waals surface area contributed by atoms with E-state index in [2.05, 4.69) is 5.32 Å². The molecule has 0 radical (unpaired) electrons. The summed E-state index contributed by atoms with van der Waals surface area (Å²) in [5, 5.41) is 2.77. The molecule has 22 heavy (non-hydrogen) atoms. The molecule has 1 N–H and O–H groups in total. The van der Waals surface area contributed by atoms with Crippen molar-refractivity contribution in [1.29, 1.82) is 0 Å². The fraction of sp³-hybridized carbons (Fsp3) is 0.875. The quantitative estimate of drug-likeness (QED) is 0.493. The lowest BCUT2D eigenvalue weighted by atomic mass is 10.1. The molecule has 0 rings (SSSR count). The summed E-state index contributed by atoms with van der Waals surface area (Å²) < 4.78 is 16.0. The Morgan fingerprint density at radius 3 is 1.82 bits per heavy atom. The first-order valence-corrected chi connectivity index (χ1v) is 7.98. The summed E-state index contributed by atoms with van der Waals surface area (Å²) in [7, 11) is 0. The van der Waals surface area contributed by atoms with Gasteiger partial charge in [-0.05, 0) is 0 Å². The van der Waals surface area contributed by atoms with Crippen LogP contribution in [0.15, 0.2) is 0 Å². The first-order chi connectivity index (χ1) is 10.4. The van der Waals surface area contributed by atoms with Crippen molar-refractivity contribution in [3.05, 3.63) is 0 Å². The Morgan fingerprint density at radius 2 is 1.32 bits per heavy atom. The van der Waals surface area contributed by atoms with E-state index in [0.29, 0.717) is 52.6 Å². The van der Waals surface area contributed by atoms with E-state index >= 15 is 0 Å². The zero-order valence-electron chi connectivity index (χ0n) is 14.4. The van der Waals surface area contributed by atoms with Crippen LogP contribution in [0.5, 0.6) is 0 Å². The van der Waals surface area contributed by atoms with E-state index in [1.807, 2.05) is 27.7 Å². The Hall–Kier alpha value is -0.980. The molecule has 132 valence electrons. The van der Waals surface area contributed by atoms with Crippen LogP contribution in [0.1, 0.15) is 35.5 Å². The lowest BCUT2D eigenvalue weighted by molar-refractivity contribution is -0.124. The van der Waals surface area contributed by atoms with E-state index in [0.717, 1.165) is 0 Å². The Balaban J connectivity index is 0. The number of rotatable bonds is 14. The van der Waals surface area contributed by atoms with Gasteiger partial charge in [-0.25, -0.2) is 0 Å². The van der Waals surface area contributed by atoms with Crippen molar-refractivity contribution >= 4 is 11.7 Å². The summed E-state index contributed by atoms with van der Waals surface area (Å²) in [6.07, 6.45) is 0.461. The minimum Gasteiger partial charge on any atom is -0.379 e. The molecule has 0 aliphatic heterocycles. The molecule has 0 fully saturated rings. The summed E-state index contributed by atoms with van der Waals surface area (Å²) in [5.41, 5.74) is 0. The molecule has 0 heterocycles. The second kappa shape index (κ2) is 13.7. The molecule has 0 aliphatic rings. The first kappa shape index (κ1) is 21.0. The highest BCUT2D eigenvalue weighted by Crippen LogP contribution is 1.98. The van der Waals surface area contributed by atoms with Crippen LogP contribution < -0.4 is 5.32 Å². The van der Waals surface area contributed by atoms with E-state index in [9.17, 15) is 9.59 Å². The predicted molar refractivity (Wildman–Crippen MR) is 86.9 cm³/mol. The van der Waals surface area contributed by atoms with Gasteiger partial charge in [0.05, 0.1) is 39.6 Å². The second-order valence-corrected chi connectivity index (χ2v) is 5.65. The zero-order chi connectivity index (χ0) is 16.8. The van der Waals surface area contributed by atoms with Gasteiger partial charge < -0.3 is 19.5 Å². The highest BCUT2D eigenvalue weighted by Gasteiger charge is 2.06. The SMILES string of the molecule is CC(C)C(=O)CCOCCOCCOCCNC(=O)C(C)C.[HH]. The standard InChI is InChI=1S/C16H31NO5.H2/c1-13(2)15(18)5-7-20-9-11-22-12-10-21-8-6-17-16(19)14(3)4;/h13-14H,5-12H2,1-4H3,(H,17,19);1H. The Labute approximate surface area is 135 Å². The van der Waals surface area contributed by atoms with Gasteiger partial charge >= 0.3 is 0 Å². The van der Waals surface area contributed by atoms with Gasteiger partial charge in [0.25, 0.3) is 0 Å². The van der Waals surface area contributed by atoms with E-state index < -0.39 is 0 Å². The number of hydrogen-bond acceptors (Lipinski definition) is 5. The maximum absolute atomic E-state index is 11.3. The number of carbonyl (C=O) groups is 2. The van der Waals surface area contributed by atoms with Crippen LogP contribution in [0.25, 0.3) is 0 Å². The van der Waals surface area contributed by atoms with Crippen LogP contribution in [0.3, 0.4) is 0 Å². The average molecular weight is 319 g/mol. The van der Waals surface area contributed by atoms with E-state index in [1.165, 1.54) is 0 Å². The van der Waals surface area contributed by atoms with Crippen molar-refractivity contribution in [2.45, 2.75) is 34.1 Å². The number of hydrogen-bond donors (Lipinski definition) is 1. The summed E-state index contributed by atoms with van der Waals surface area (Å²) in [5.74, 6) is 0.327. The number of nitrogens with one attached hydrogen (secondary N) is 1. The molecule has 6 heteroatoms. The second-order valence-electron chi connectivity index (χ2n) is 5.65. The molecule has 0 atom stereocenters. The third-order valence-corrected chi connectivity index (χ3v) is 2.95. The molecule has 0 aromatic rings. The molecule has 0 saturated heterocycles.